The van der Waals surface area contributed by atoms with E-state index in [9.17, 15) is 29.3 Å². The summed E-state index contributed by atoms with van der Waals surface area (Å²) in [5, 5.41) is 34.3. The Hall–Kier alpha value is -4.59. The predicted molar refractivity (Wildman–Crippen MR) is 160 cm³/mol. The van der Waals surface area contributed by atoms with E-state index in [2.05, 4.69) is 20.6 Å². The number of nitrogens with zero attached hydrogens (tertiary/aromatic N) is 4. The first-order chi connectivity index (χ1) is 21.2. The van der Waals surface area contributed by atoms with Gasteiger partial charge in [-0.15, -0.1) is 0 Å². The third-order valence-electron chi connectivity index (χ3n) is 8.04. The van der Waals surface area contributed by atoms with Gasteiger partial charge in [0, 0.05) is 48.2 Å². The van der Waals surface area contributed by atoms with Crippen LogP contribution in [0.1, 0.15) is 28.8 Å². The molecule has 2 amide bonds. The van der Waals surface area contributed by atoms with Crippen LogP contribution < -0.4 is 15.4 Å². The van der Waals surface area contributed by atoms with Crippen LogP contribution in [0.3, 0.4) is 0 Å². The number of anilines is 2. The van der Waals surface area contributed by atoms with Crippen LogP contribution in [0.5, 0.6) is 5.75 Å². The Bertz CT molecular complexity index is 1660. The first-order valence-electron chi connectivity index (χ1n) is 14.2. The number of hydrogen-bond acceptors (Lipinski definition) is 9. The van der Waals surface area contributed by atoms with E-state index in [1.54, 1.807) is 47.8 Å². The molecule has 0 aliphatic carbocycles. The van der Waals surface area contributed by atoms with Crippen molar-refractivity contribution in [2.45, 2.75) is 25.3 Å². The molecule has 5 rings (SSSR count). The Morgan fingerprint density at radius 1 is 1.07 bits per heavy atom. The molecule has 0 spiro atoms. The number of carbonyl (C=O) groups is 2. The number of piperidine rings is 1. The van der Waals surface area contributed by atoms with Crippen molar-refractivity contribution in [3.8, 4) is 17.0 Å². The standard InChI is InChI=1S/C31H35FN6O6/c1-19-13-22(35-27-28-34-15-25(38(28)12-9-33-27)21-3-6-26(44-2)24(32)14-21)4-5-23(19)30(43)37-10-7-20(8-11-37)29(42)36-31(16-39,17-40)18-41/h3-6,9,12-15,20,39-41H,7-8,10-11,16-18H2,1-2H3,(H,33,35)(H,36,42). The number of aromatic nitrogens is 3. The molecule has 232 valence electrons. The van der Waals surface area contributed by atoms with Gasteiger partial charge in [-0.05, 0) is 61.7 Å². The van der Waals surface area contributed by atoms with E-state index < -0.39 is 37.1 Å². The van der Waals surface area contributed by atoms with Crippen LogP contribution in [-0.4, -0.2) is 92.0 Å². The summed E-state index contributed by atoms with van der Waals surface area (Å²) in [6, 6.07) is 10.1. The van der Waals surface area contributed by atoms with Gasteiger partial charge in [-0.25, -0.2) is 14.4 Å². The lowest BCUT2D eigenvalue weighted by Gasteiger charge is -2.35. The first-order valence-corrected chi connectivity index (χ1v) is 14.2. The van der Waals surface area contributed by atoms with E-state index in [-0.39, 0.29) is 17.6 Å². The molecule has 3 heterocycles. The average molecular weight is 607 g/mol. The van der Waals surface area contributed by atoms with Crippen LogP contribution in [0, 0.1) is 18.7 Å². The van der Waals surface area contributed by atoms with E-state index in [4.69, 9.17) is 4.74 Å². The molecule has 2 aromatic heterocycles. The number of imidazole rings is 1. The SMILES string of the molecule is COc1ccc(-c2cnc3c(Nc4ccc(C(=O)N5CCC(C(=O)NC(CO)(CO)CO)CC5)c(C)c4)nccn23)cc1F. The maximum atomic E-state index is 14.4. The van der Waals surface area contributed by atoms with Crippen molar-refractivity contribution in [1.82, 2.24) is 24.6 Å². The van der Waals surface area contributed by atoms with Gasteiger partial charge < -0.3 is 35.6 Å². The molecule has 0 unspecified atom stereocenters. The molecule has 0 radical (unpaired) electrons. The van der Waals surface area contributed by atoms with E-state index in [1.165, 1.54) is 13.2 Å². The number of ether oxygens (including phenoxy) is 1. The lowest BCUT2D eigenvalue weighted by molar-refractivity contribution is -0.130. The normalized spacial score (nSPS) is 14.1. The number of fused-ring (bicyclic) bond motifs is 1. The zero-order chi connectivity index (χ0) is 31.4. The Labute approximate surface area is 253 Å². The Morgan fingerprint density at radius 3 is 2.43 bits per heavy atom. The molecule has 1 saturated heterocycles. The number of amides is 2. The predicted octanol–water partition coefficient (Wildman–Crippen LogP) is 2.28. The highest BCUT2D eigenvalue weighted by Gasteiger charge is 2.35. The Kier molecular flexibility index (Phi) is 9.09. The van der Waals surface area contributed by atoms with Crippen LogP contribution in [0.25, 0.3) is 16.9 Å². The summed E-state index contributed by atoms with van der Waals surface area (Å²) < 4.78 is 21.2. The molecule has 44 heavy (non-hydrogen) atoms. The number of aliphatic hydroxyl groups excluding tert-OH is 3. The summed E-state index contributed by atoms with van der Waals surface area (Å²) >= 11 is 0. The molecular weight excluding hydrogens is 571 g/mol. The van der Waals surface area contributed by atoms with Gasteiger partial charge in [-0.1, -0.05) is 0 Å². The third-order valence-corrected chi connectivity index (χ3v) is 8.04. The lowest BCUT2D eigenvalue weighted by atomic mass is 9.93. The number of aliphatic hydroxyl groups is 3. The largest absolute Gasteiger partial charge is 0.494 e. The van der Waals surface area contributed by atoms with E-state index in [1.807, 2.05) is 17.4 Å². The highest BCUT2D eigenvalue weighted by molar-refractivity contribution is 5.96. The van der Waals surface area contributed by atoms with Gasteiger partial charge in [-0.3, -0.25) is 14.0 Å². The van der Waals surface area contributed by atoms with E-state index in [0.29, 0.717) is 59.9 Å². The zero-order valence-electron chi connectivity index (χ0n) is 24.5. The van der Waals surface area contributed by atoms with Crippen molar-refractivity contribution in [2.24, 2.45) is 5.92 Å². The van der Waals surface area contributed by atoms with Gasteiger partial charge in [0.2, 0.25) is 5.91 Å². The fourth-order valence-corrected chi connectivity index (χ4v) is 5.31. The molecule has 0 saturated carbocycles. The molecule has 13 heteroatoms. The fourth-order valence-electron chi connectivity index (χ4n) is 5.31. The quantitative estimate of drug-likeness (QED) is 0.182. The van der Waals surface area contributed by atoms with Crippen LogP contribution >= 0.6 is 0 Å². The number of methoxy groups -OCH3 is 1. The summed E-state index contributed by atoms with van der Waals surface area (Å²) in [5.74, 6) is -0.753. The maximum absolute atomic E-state index is 14.4. The number of nitrogens with one attached hydrogen (secondary N) is 2. The Morgan fingerprint density at radius 2 is 1.80 bits per heavy atom. The summed E-state index contributed by atoms with van der Waals surface area (Å²) in [4.78, 5) is 36.7. The van der Waals surface area contributed by atoms with Crippen LogP contribution in [0.2, 0.25) is 0 Å². The second kappa shape index (κ2) is 13.0. The highest BCUT2D eigenvalue weighted by Crippen LogP contribution is 2.29. The van der Waals surface area contributed by atoms with Crippen LogP contribution in [0.4, 0.5) is 15.9 Å². The third kappa shape index (κ3) is 6.07. The Balaban J connectivity index is 1.26. The molecule has 1 aliphatic heterocycles. The second-order valence-corrected chi connectivity index (χ2v) is 10.9. The monoisotopic (exact) mass is 606 g/mol. The highest BCUT2D eigenvalue weighted by atomic mass is 19.1. The molecule has 0 bridgehead atoms. The number of likely N-dealkylation sites (tertiary alicyclic amines) is 1. The van der Waals surface area contributed by atoms with Gasteiger partial charge >= 0.3 is 0 Å². The van der Waals surface area contributed by atoms with Crippen molar-refractivity contribution in [1.29, 1.82) is 0 Å². The molecule has 0 atom stereocenters. The minimum atomic E-state index is -1.48. The minimum absolute atomic E-state index is 0.145. The van der Waals surface area contributed by atoms with Crippen molar-refractivity contribution in [3.05, 3.63) is 71.9 Å². The summed E-state index contributed by atoms with van der Waals surface area (Å²) in [5.41, 5.74) is 2.36. The smallest absolute Gasteiger partial charge is 0.254 e. The van der Waals surface area contributed by atoms with Crippen molar-refractivity contribution >= 4 is 29.0 Å². The molecule has 4 aromatic rings. The van der Waals surface area contributed by atoms with Crippen molar-refractivity contribution in [3.63, 3.8) is 0 Å². The average Bonchev–Trinajstić information content (AvgIpc) is 3.49. The minimum Gasteiger partial charge on any atom is -0.494 e. The van der Waals surface area contributed by atoms with Gasteiger partial charge in [-0.2, -0.15) is 0 Å². The van der Waals surface area contributed by atoms with E-state index in [0.717, 1.165) is 5.56 Å². The number of hydrogen-bond donors (Lipinski definition) is 5. The molecule has 2 aromatic carbocycles. The van der Waals surface area contributed by atoms with Crippen molar-refractivity contribution < 1.29 is 34.0 Å². The van der Waals surface area contributed by atoms with Crippen molar-refractivity contribution in [2.75, 3.05) is 45.3 Å². The molecule has 5 N–H and O–H groups in total. The number of carbonyl (C=O) groups excluding carboxylic acids is 2. The van der Waals surface area contributed by atoms with Gasteiger partial charge in [0.05, 0.1) is 38.8 Å². The first kappa shape index (κ1) is 30.9. The fraction of sp³-hybridized carbons (Fsp3) is 0.355. The van der Waals surface area contributed by atoms with E-state index >= 15 is 0 Å². The molecule has 12 nitrogen and oxygen atoms in total. The van der Waals surface area contributed by atoms with Gasteiger partial charge in [0.15, 0.2) is 23.0 Å². The topological polar surface area (TPSA) is 162 Å². The maximum Gasteiger partial charge on any atom is 0.254 e. The number of benzene rings is 2. The van der Waals surface area contributed by atoms with Crippen LogP contribution in [0.15, 0.2) is 55.0 Å². The summed E-state index contributed by atoms with van der Waals surface area (Å²) in [6.07, 6.45) is 5.84. The number of rotatable bonds is 10. The van der Waals surface area contributed by atoms with Crippen LogP contribution in [-0.2, 0) is 4.79 Å². The summed E-state index contributed by atoms with van der Waals surface area (Å²) in [6.45, 7) is 0.808. The number of aryl methyl sites for hydroxylation is 1. The summed E-state index contributed by atoms with van der Waals surface area (Å²) in [7, 11) is 1.41. The molecular formula is C31H35FN6O6. The van der Waals surface area contributed by atoms with Gasteiger partial charge in [0.1, 0.15) is 5.54 Å². The zero-order valence-corrected chi connectivity index (χ0v) is 24.5. The molecule has 1 fully saturated rings. The lowest BCUT2D eigenvalue weighted by Crippen LogP contribution is -2.59. The molecule has 1 aliphatic rings. The number of halogens is 1. The second-order valence-electron chi connectivity index (χ2n) is 10.9. The van der Waals surface area contributed by atoms with Gasteiger partial charge in [0.25, 0.3) is 5.91 Å².